The minimum Gasteiger partial charge on any atom is -0.352 e. The lowest BCUT2D eigenvalue weighted by atomic mass is 9.60. The molecule has 2 fully saturated rings. The predicted octanol–water partition coefficient (Wildman–Crippen LogP) is 3.27. The Morgan fingerprint density at radius 1 is 1.30 bits per heavy atom. The molecule has 20 heavy (non-hydrogen) atoms. The summed E-state index contributed by atoms with van der Waals surface area (Å²) in [6.45, 7) is 4.70. The van der Waals surface area contributed by atoms with Crippen molar-refractivity contribution in [2.75, 3.05) is 11.5 Å². The summed E-state index contributed by atoms with van der Waals surface area (Å²) in [5.74, 6) is 2.57. The van der Waals surface area contributed by atoms with Crippen LogP contribution in [0.4, 0.5) is 0 Å². The van der Waals surface area contributed by atoms with Crippen molar-refractivity contribution in [3.05, 3.63) is 35.9 Å². The first-order chi connectivity index (χ1) is 9.53. The normalized spacial score (nSPS) is 32.3. The number of rotatable bonds is 2. The van der Waals surface area contributed by atoms with Gasteiger partial charge in [0.25, 0.3) is 0 Å². The maximum absolute atomic E-state index is 12.1. The van der Waals surface area contributed by atoms with E-state index in [-0.39, 0.29) is 22.8 Å². The highest BCUT2D eigenvalue weighted by atomic mass is 32.2. The van der Waals surface area contributed by atoms with Gasteiger partial charge in [-0.3, -0.25) is 4.79 Å². The van der Waals surface area contributed by atoms with E-state index in [9.17, 15) is 4.79 Å². The second-order valence-electron chi connectivity index (χ2n) is 6.83. The zero-order valence-corrected chi connectivity index (χ0v) is 13.1. The molecule has 2 heterocycles. The van der Waals surface area contributed by atoms with Crippen LogP contribution in [0.2, 0.25) is 0 Å². The average molecular weight is 289 g/mol. The Morgan fingerprint density at radius 3 is 2.75 bits per heavy atom. The van der Waals surface area contributed by atoms with Crippen molar-refractivity contribution in [3.63, 3.8) is 0 Å². The third-order valence-corrected chi connectivity index (χ3v) is 6.55. The summed E-state index contributed by atoms with van der Waals surface area (Å²) in [5.41, 5.74) is 1.67. The molecular formula is C17H23NOS. The van der Waals surface area contributed by atoms with Crippen molar-refractivity contribution in [1.29, 1.82) is 0 Å². The highest BCUT2D eigenvalue weighted by molar-refractivity contribution is 7.99. The van der Waals surface area contributed by atoms with Gasteiger partial charge in [0.2, 0.25) is 5.91 Å². The largest absolute Gasteiger partial charge is 0.352 e. The molecule has 2 nitrogen and oxygen atoms in total. The van der Waals surface area contributed by atoms with Crippen LogP contribution < -0.4 is 5.32 Å². The molecule has 1 amide bonds. The molecule has 2 atom stereocenters. The molecule has 2 aliphatic rings. The predicted molar refractivity (Wildman–Crippen MR) is 84.8 cm³/mol. The van der Waals surface area contributed by atoms with Crippen LogP contribution >= 0.6 is 11.8 Å². The van der Waals surface area contributed by atoms with Crippen LogP contribution in [0.25, 0.3) is 0 Å². The van der Waals surface area contributed by atoms with Gasteiger partial charge < -0.3 is 5.32 Å². The van der Waals surface area contributed by atoms with Gasteiger partial charge in [-0.2, -0.15) is 11.8 Å². The number of amides is 1. The van der Waals surface area contributed by atoms with Crippen LogP contribution in [0.5, 0.6) is 0 Å². The highest BCUT2D eigenvalue weighted by Crippen LogP contribution is 2.55. The lowest BCUT2D eigenvalue weighted by molar-refractivity contribution is -0.120. The molecule has 2 saturated heterocycles. The van der Waals surface area contributed by atoms with E-state index in [1.165, 1.54) is 17.7 Å². The molecule has 0 radical (unpaired) electrons. The van der Waals surface area contributed by atoms with Crippen molar-refractivity contribution < 1.29 is 4.79 Å². The zero-order valence-electron chi connectivity index (χ0n) is 12.3. The Labute approximate surface area is 125 Å². The molecule has 1 aromatic rings. The van der Waals surface area contributed by atoms with Crippen LogP contribution in [0.3, 0.4) is 0 Å². The molecule has 3 heteroatoms. The molecular weight excluding hydrogens is 266 g/mol. The molecule has 0 aromatic heterocycles. The van der Waals surface area contributed by atoms with E-state index < -0.39 is 0 Å². The Hall–Kier alpha value is -0.960. The number of hydrogen-bond donors (Lipinski definition) is 1. The molecule has 0 aliphatic carbocycles. The van der Waals surface area contributed by atoms with E-state index in [0.29, 0.717) is 6.42 Å². The minimum absolute atomic E-state index is 0.114. The standard InChI is InChI=1S/C17H23NOS/c1-16(2)8-9-20-12-17(16)11-15(19)18-14(17)10-13-6-4-3-5-7-13/h3-7,14H,8-12H2,1-2H3,(H,18,19). The maximum Gasteiger partial charge on any atom is 0.220 e. The Balaban J connectivity index is 1.90. The first kappa shape index (κ1) is 14.0. The van der Waals surface area contributed by atoms with Crippen molar-refractivity contribution >= 4 is 17.7 Å². The van der Waals surface area contributed by atoms with Gasteiger partial charge in [-0.1, -0.05) is 44.2 Å². The molecule has 1 N–H and O–H groups in total. The fourth-order valence-electron chi connectivity index (χ4n) is 3.78. The highest BCUT2D eigenvalue weighted by Gasteiger charge is 2.56. The maximum atomic E-state index is 12.1. The molecule has 0 saturated carbocycles. The van der Waals surface area contributed by atoms with Gasteiger partial charge >= 0.3 is 0 Å². The third kappa shape index (κ3) is 2.26. The molecule has 1 spiro atoms. The van der Waals surface area contributed by atoms with Gasteiger partial charge in [-0.05, 0) is 29.6 Å². The number of carbonyl (C=O) groups is 1. The summed E-state index contributed by atoms with van der Waals surface area (Å²) < 4.78 is 0. The number of benzene rings is 1. The Morgan fingerprint density at radius 2 is 2.05 bits per heavy atom. The Bertz CT molecular complexity index is 499. The first-order valence-electron chi connectivity index (χ1n) is 7.45. The smallest absolute Gasteiger partial charge is 0.220 e. The van der Waals surface area contributed by atoms with Crippen LogP contribution in [0, 0.1) is 10.8 Å². The SMILES string of the molecule is CC1(C)CCSCC12CC(=O)NC2Cc1ccccc1. The van der Waals surface area contributed by atoms with E-state index in [1.54, 1.807) is 0 Å². The van der Waals surface area contributed by atoms with Gasteiger partial charge in [-0.15, -0.1) is 0 Å². The van der Waals surface area contributed by atoms with Crippen LogP contribution in [-0.2, 0) is 11.2 Å². The van der Waals surface area contributed by atoms with Crippen molar-refractivity contribution in [2.24, 2.45) is 10.8 Å². The van der Waals surface area contributed by atoms with Gasteiger partial charge in [0.15, 0.2) is 0 Å². The molecule has 2 aliphatic heterocycles. The summed E-state index contributed by atoms with van der Waals surface area (Å²) in [6.07, 6.45) is 2.86. The monoisotopic (exact) mass is 289 g/mol. The van der Waals surface area contributed by atoms with E-state index in [2.05, 4.69) is 43.4 Å². The van der Waals surface area contributed by atoms with Crippen molar-refractivity contribution in [3.8, 4) is 0 Å². The average Bonchev–Trinajstić information content (AvgIpc) is 2.72. The summed E-state index contributed by atoms with van der Waals surface area (Å²) in [6, 6.07) is 10.8. The summed E-state index contributed by atoms with van der Waals surface area (Å²) in [4.78, 5) is 12.1. The quantitative estimate of drug-likeness (QED) is 0.905. The van der Waals surface area contributed by atoms with Crippen LogP contribution in [0.1, 0.15) is 32.3 Å². The fourth-order valence-corrected chi connectivity index (χ4v) is 5.64. The van der Waals surface area contributed by atoms with Crippen molar-refractivity contribution in [2.45, 2.75) is 39.2 Å². The molecule has 108 valence electrons. The molecule has 2 unspecified atom stereocenters. The number of nitrogens with one attached hydrogen (secondary N) is 1. The second kappa shape index (κ2) is 5.10. The minimum atomic E-state index is 0.114. The Kier molecular flexibility index (Phi) is 3.57. The lowest BCUT2D eigenvalue weighted by Crippen LogP contribution is -2.52. The van der Waals surface area contributed by atoms with Gasteiger partial charge in [0.1, 0.15) is 0 Å². The molecule has 1 aromatic carbocycles. The third-order valence-electron chi connectivity index (χ3n) is 5.34. The zero-order chi connectivity index (χ0) is 14.2. The fraction of sp³-hybridized carbons (Fsp3) is 0.588. The number of carbonyl (C=O) groups excluding carboxylic acids is 1. The lowest BCUT2D eigenvalue weighted by Gasteiger charge is -2.50. The van der Waals surface area contributed by atoms with E-state index >= 15 is 0 Å². The van der Waals surface area contributed by atoms with Gasteiger partial charge in [-0.25, -0.2) is 0 Å². The van der Waals surface area contributed by atoms with E-state index in [1.807, 2.05) is 17.8 Å². The second-order valence-corrected chi connectivity index (χ2v) is 7.93. The van der Waals surface area contributed by atoms with Gasteiger partial charge in [0.05, 0.1) is 0 Å². The molecule has 0 bridgehead atoms. The molecule has 3 rings (SSSR count). The number of hydrogen-bond acceptors (Lipinski definition) is 2. The van der Waals surface area contributed by atoms with Crippen LogP contribution in [0.15, 0.2) is 30.3 Å². The van der Waals surface area contributed by atoms with Crippen molar-refractivity contribution in [1.82, 2.24) is 5.32 Å². The summed E-state index contributed by atoms with van der Waals surface area (Å²) in [7, 11) is 0. The summed E-state index contributed by atoms with van der Waals surface area (Å²) >= 11 is 2.02. The first-order valence-corrected chi connectivity index (χ1v) is 8.60. The summed E-state index contributed by atoms with van der Waals surface area (Å²) in [5, 5.41) is 3.27. The number of thioether (sulfide) groups is 1. The van der Waals surface area contributed by atoms with E-state index in [0.717, 1.165) is 12.2 Å². The van der Waals surface area contributed by atoms with Gasteiger partial charge in [0, 0.05) is 23.6 Å². The topological polar surface area (TPSA) is 29.1 Å². The van der Waals surface area contributed by atoms with Crippen LogP contribution in [-0.4, -0.2) is 23.5 Å². The van der Waals surface area contributed by atoms with E-state index in [4.69, 9.17) is 0 Å².